The minimum Gasteiger partial charge on any atom is -0.396 e. The van der Waals surface area contributed by atoms with Crippen LogP contribution in [0.4, 0.5) is 0 Å². The predicted molar refractivity (Wildman–Crippen MR) is 154 cm³/mol. The summed E-state index contributed by atoms with van der Waals surface area (Å²) in [5.41, 5.74) is 1.15. The standard InChI is InChI=1S/C34H56O4/c1-11-25-31(8)19-24(29(37)38-12-2)28(36)30(6,7)26(31)14-15-33(25,10)32(9)17-18-34(20-35)16-13-23(21(3)4)27(34)22(32)5/h19,22-23,25-27,29,35,37H,3,11-18,20H2,1-2,4-10H3/t22-,23+,25-,26+,27?,29?,31-,32-,33-,34-/m1/s1. The Kier molecular flexibility index (Phi) is 7.77. The van der Waals surface area contributed by atoms with Gasteiger partial charge in [0.05, 0.1) is 0 Å². The number of ether oxygens (including phenoxy) is 1. The van der Waals surface area contributed by atoms with Crippen molar-refractivity contribution in [3.05, 3.63) is 23.8 Å². The monoisotopic (exact) mass is 528 g/mol. The van der Waals surface area contributed by atoms with Crippen molar-refractivity contribution in [2.75, 3.05) is 13.2 Å². The summed E-state index contributed by atoms with van der Waals surface area (Å²) in [4.78, 5) is 13.7. The zero-order chi connectivity index (χ0) is 28.5. The molecule has 4 aliphatic carbocycles. The quantitative estimate of drug-likeness (QED) is 0.268. The molecule has 4 aliphatic rings. The Bertz CT molecular complexity index is 981. The molecule has 2 N–H and O–H groups in total. The number of rotatable bonds is 7. The second-order valence-corrected chi connectivity index (χ2v) is 15.0. The summed E-state index contributed by atoms with van der Waals surface area (Å²) in [7, 11) is 0. The van der Waals surface area contributed by atoms with Gasteiger partial charge in [0.2, 0.25) is 0 Å². The topological polar surface area (TPSA) is 66.8 Å². The SMILES string of the molecule is C=C(C)[C@@H]1CC[C@]2(CO)CC[C@@](C)([C@]3(C)CC[C@H]4C(C)(C)C(=O)C(C(O)OCC)=C[C@]4(C)[C@H]3CC)[C@H](C)C12. The highest BCUT2D eigenvalue weighted by molar-refractivity contribution is 6.01. The van der Waals surface area contributed by atoms with Crippen LogP contribution in [0.1, 0.15) is 107 Å². The van der Waals surface area contributed by atoms with E-state index in [1.165, 1.54) is 5.57 Å². The molecule has 0 amide bonds. The van der Waals surface area contributed by atoms with Crippen LogP contribution in [0.3, 0.4) is 0 Å². The van der Waals surface area contributed by atoms with Crippen LogP contribution < -0.4 is 0 Å². The van der Waals surface area contributed by atoms with Gasteiger partial charge in [-0.15, -0.1) is 0 Å². The third-order valence-electron chi connectivity index (χ3n) is 13.4. The van der Waals surface area contributed by atoms with Crippen molar-refractivity contribution >= 4 is 5.78 Å². The Balaban J connectivity index is 1.82. The molecule has 0 heterocycles. The van der Waals surface area contributed by atoms with Gasteiger partial charge in [0.1, 0.15) is 0 Å². The van der Waals surface area contributed by atoms with Crippen LogP contribution in [0.25, 0.3) is 0 Å². The zero-order valence-electron chi connectivity index (χ0n) is 25.8. The molecule has 0 radical (unpaired) electrons. The minimum atomic E-state index is -1.17. The highest BCUT2D eigenvalue weighted by Gasteiger charge is 2.68. The van der Waals surface area contributed by atoms with Crippen molar-refractivity contribution in [1.82, 2.24) is 0 Å². The van der Waals surface area contributed by atoms with Crippen LogP contribution in [0.2, 0.25) is 0 Å². The fourth-order valence-electron chi connectivity index (χ4n) is 11.3. The molecule has 4 rings (SSSR count). The van der Waals surface area contributed by atoms with Crippen LogP contribution >= 0.6 is 0 Å². The maximum atomic E-state index is 13.7. The second-order valence-electron chi connectivity index (χ2n) is 15.0. The number of aliphatic hydroxyl groups excluding tert-OH is 2. The molecule has 2 unspecified atom stereocenters. The Morgan fingerprint density at radius 3 is 2.29 bits per heavy atom. The van der Waals surface area contributed by atoms with Crippen molar-refractivity contribution in [3.8, 4) is 0 Å². The molecule has 3 fully saturated rings. The minimum absolute atomic E-state index is 0.0235. The van der Waals surface area contributed by atoms with Gasteiger partial charge in [-0.3, -0.25) is 4.79 Å². The highest BCUT2D eigenvalue weighted by Crippen LogP contribution is 2.73. The molecule has 38 heavy (non-hydrogen) atoms. The number of hydrogen-bond donors (Lipinski definition) is 2. The number of hydrogen-bond acceptors (Lipinski definition) is 4. The van der Waals surface area contributed by atoms with Crippen LogP contribution in [-0.2, 0) is 9.53 Å². The number of carbonyl (C=O) groups is 1. The summed E-state index contributed by atoms with van der Waals surface area (Å²) in [5, 5.41) is 21.6. The van der Waals surface area contributed by atoms with Gasteiger partial charge in [0, 0.05) is 24.2 Å². The number of ketones is 1. The zero-order valence-corrected chi connectivity index (χ0v) is 25.8. The molecule has 0 aliphatic heterocycles. The third-order valence-corrected chi connectivity index (χ3v) is 13.4. The largest absolute Gasteiger partial charge is 0.396 e. The Labute approximate surface area is 232 Å². The Hall–Kier alpha value is -0.970. The number of carbonyl (C=O) groups excluding carboxylic acids is 1. The first kappa shape index (κ1) is 30.0. The molecule has 0 saturated heterocycles. The molecular weight excluding hydrogens is 472 g/mol. The molecule has 0 spiro atoms. The smallest absolute Gasteiger partial charge is 0.184 e. The first-order valence-corrected chi connectivity index (χ1v) is 15.4. The van der Waals surface area contributed by atoms with Gasteiger partial charge in [-0.25, -0.2) is 0 Å². The van der Waals surface area contributed by atoms with Crippen molar-refractivity contribution in [2.24, 2.45) is 56.7 Å². The number of fused-ring (bicyclic) bond motifs is 2. The van der Waals surface area contributed by atoms with Crippen molar-refractivity contribution in [1.29, 1.82) is 0 Å². The maximum absolute atomic E-state index is 13.7. The van der Waals surface area contributed by atoms with E-state index in [9.17, 15) is 15.0 Å². The summed E-state index contributed by atoms with van der Waals surface area (Å²) in [5.74, 6) is 2.03. The molecular formula is C34H56O4. The number of Topliss-reactive ketones (excluding diaryl/α,β-unsaturated/α-hetero) is 1. The fraction of sp³-hybridized carbons (Fsp3) is 0.853. The van der Waals surface area contributed by atoms with Gasteiger partial charge in [-0.2, -0.15) is 0 Å². The Morgan fingerprint density at radius 2 is 1.74 bits per heavy atom. The third kappa shape index (κ3) is 3.90. The van der Waals surface area contributed by atoms with E-state index in [1.54, 1.807) is 0 Å². The van der Waals surface area contributed by atoms with Gasteiger partial charge in [0.25, 0.3) is 0 Å². The van der Waals surface area contributed by atoms with Crippen molar-refractivity contribution in [3.63, 3.8) is 0 Å². The lowest BCUT2D eigenvalue weighted by molar-refractivity contribution is -0.192. The molecule has 216 valence electrons. The average molecular weight is 529 g/mol. The summed E-state index contributed by atoms with van der Waals surface area (Å²) in [6, 6.07) is 0. The highest BCUT2D eigenvalue weighted by atomic mass is 16.6. The lowest BCUT2D eigenvalue weighted by Gasteiger charge is -2.68. The molecule has 0 aromatic rings. The van der Waals surface area contributed by atoms with Crippen LogP contribution in [0.15, 0.2) is 23.8 Å². The van der Waals surface area contributed by atoms with Crippen LogP contribution in [0.5, 0.6) is 0 Å². The van der Waals surface area contributed by atoms with E-state index in [2.05, 4.69) is 68.0 Å². The average Bonchev–Trinajstić information content (AvgIpc) is 3.25. The predicted octanol–water partition coefficient (Wildman–Crippen LogP) is 7.34. The van der Waals surface area contributed by atoms with E-state index in [4.69, 9.17) is 4.74 Å². The summed E-state index contributed by atoms with van der Waals surface area (Å²) in [6.07, 6.45) is 8.60. The van der Waals surface area contributed by atoms with E-state index in [0.29, 0.717) is 35.9 Å². The first-order chi connectivity index (χ1) is 17.6. The van der Waals surface area contributed by atoms with E-state index in [0.717, 1.165) is 44.9 Å². The van der Waals surface area contributed by atoms with E-state index < -0.39 is 11.7 Å². The maximum Gasteiger partial charge on any atom is 0.184 e. The Morgan fingerprint density at radius 1 is 1.08 bits per heavy atom. The molecule has 0 aromatic carbocycles. The van der Waals surface area contributed by atoms with Gasteiger partial charge in [-0.05, 0) is 104 Å². The molecule has 4 heteroatoms. The van der Waals surface area contributed by atoms with Gasteiger partial charge in [-0.1, -0.05) is 73.1 Å². The fourth-order valence-corrected chi connectivity index (χ4v) is 11.3. The molecule has 4 nitrogen and oxygen atoms in total. The van der Waals surface area contributed by atoms with Crippen LogP contribution in [-0.4, -0.2) is 35.5 Å². The van der Waals surface area contributed by atoms with Crippen molar-refractivity contribution in [2.45, 2.75) is 114 Å². The van der Waals surface area contributed by atoms with E-state index in [1.807, 2.05) is 6.92 Å². The van der Waals surface area contributed by atoms with Crippen LogP contribution in [0, 0.1) is 56.7 Å². The number of allylic oxidation sites excluding steroid dienone is 2. The number of aliphatic hydroxyl groups is 2. The first-order valence-electron chi connectivity index (χ1n) is 15.4. The van der Waals surface area contributed by atoms with E-state index in [-0.39, 0.29) is 40.0 Å². The second kappa shape index (κ2) is 9.84. The summed E-state index contributed by atoms with van der Waals surface area (Å²) < 4.78 is 5.58. The van der Waals surface area contributed by atoms with E-state index >= 15 is 0 Å². The lowest BCUT2D eigenvalue weighted by Crippen LogP contribution is -2.63. The van der Waals surface area contributed by atoms with Crippen molar-refractivity contribution < 1.29 is 19.7 Å². The summed E-state index contributed by atoms with van der Waals surface area (Å²) in [6.45, 7) is 25.6. The van der Waals surface area contributed by atoms with Gasteiger partial charge in [0.15, 0.2) is 12.1 Å². The molecule has 3 saturated carbocycles. The van der Waals surface area contributed by atoms with Gasteiger partial charge < -0.3 is 14.9 Å². The molecule has 10 atom stereocenters. The molecule has 0 aromatic heterocycles. The lowest BCUT2D eigenvalue weighted by atomic mass is 9.36. The normalized spacial score (nSPS) is 47.2. The molecule has 0 bridgehead atoms. The van der Waals surface area contributed by atoms with Gasteiger partial charge >= 0.3 is 0 Å². The summed E-state index contributed by atoms with van der Waals surface area (Å²) >= 11 is 0.